The molecule has 0 saturated heterocycles. The number of fused-ring (bicyclic) bond motifs is 4. The van der Waals surface area contributed by atoms with Crippen molar-refractivity contribution in [2.75, 3.05) is 27.7 Å². The van der Waals surface area contributed by atoms with E-state index in [-0.39, 0.29) is 61.5 Å². The summed E-state index contributed by atoms with van der Waals surface area (Å²) in [5.41, 5.74) is 2.70. The first-order chi connectivity index (χ1) is 30.9. The van der Waals surface area contributed by atoms with E-state index in [2.05, 4.69) is 10.6 Å². The van der Waals surface area contributed by atoms with E-state index in [1.54, 1.807) is 64.3 Å². The Morgan fingerprint density at radius 3 is 1.27 bits per heavy atom. The van der Waals surface area contributed by atoms with E-state index in [0.29, 0.717) is 71.3 Å². The molecule has 64 heavy (non-hydrogen) atoms. The number of hydrogen-bond donors (Lipinski definition) is 2. The van der Waals surface area contributed by atoms with Crippen LogP contribution in [0.15, 0.2) is 109 Å². The number of carbonyl (C=O) groups excluding carboxylic acids is 4. The molecule has 14 heteroatoms. The van der Waals surface area contributed by atoms with Gasteiger partial charge in [0, 0.05) is 26.9 Å². The van der Waals surface area contributed by atoms with Crippen molar-refractivity contribution in [1.82, 2.24) is 20.4 Å². The maximum absolute atomic E-state index is 13.2. The fraction of sp³-hybridized carbons (Fsp3) is 0.360. The number of benzene rings is 4. The molecule has 4 aromatic rings. The Hall–Kier alpha value is -6.96. The number of hydrogen-bond acceptors (Lipinski definition) is 10. The minimum atomic E-state index is -0.670. The Bertz CT molecular complexity index is 2230. The summed E-state index contributed by atoms with van der Waals surface area (Å²) >= 11 is 0. The number of nitrogens with zero attached hydrogens (tertiary/aromatic N) is 2. The van der Waals surface area contributed by atoms with Crippen LogP contribution in [0.5, 0.6) is 34.5 Å². The molecule has 4 aliphatic heterocycles. The molecule has 0 fully saturated rings. The van der Waals surface area contributed by atoms with Crippen molar-refractivity contribution < 1.29 is 47.6 Å². The zero-order valence-corrected chi connectivity index (χ0v) is 37.1. The molecule has 4 heterocycles. The number of amides is 4. The summed E-state index contributed by atoms with van der Waals surface area (Å²) in [4.78, 5) is 55.4. The molecule has 14 nitrogen and oxygen atoms in total. The molecule has 0 bridgehead atoms. The van der Waals surface area contributed by atoms with Crippen LogP contribution in [0, 0.1) is 0 Å². The van der Waals surface area contributed by atoms with Gasteiger partial charge >= 0.3 is 0 Å². The summed E-state index contributed by atoms with van der Waals surface area (Å²) in [5, 5.41) is 6.21. The number of para-hydroxylation sites is 2. The zero-order chi connectivity index (χ0) is 45.3. The second kappa shape index (κ2) is 20.5. The average molecular weight is 873 g/mol. The van der Waals surface area contributed by atoms with Crippen LogP contribution in [0.3, 0.4) is 0 Å². The molecule has 0 aromatic heterocycles. The van der Waals surface area contributed by atoms with Gasteiger partial charge in [0.1, 0.15) is 23.6 Å². The minimum Gasteiger partial charge on any atom is -0.490 e. The number of ether oxygens (including phenoxy) is 6. The Kier molecular flexibility index (Phi) is 14.4. The van der Waals surface area contributed by atoms with Crippen molar-refractivity contribution in [1.29, 1.82) is 0 Å². The molecule has 6 atom stereocenters. The Morgan fingerprint density at radius 1 is 0.469 bits per heavy atom. The normalized spacial score (nSPS) is 24.7. The molecular weight excluding hydrogens is 817 g/mol. The van der Waals surface area contributed by atoms with E-state index in [1.165, 1.54) is 9.80 Å². The first kappa shape index (κ1) is 45.1. The van der Waals surface area contributed by atoms with E-state index in [0.717, 1.165) is 11.1 Å². The quantitative estimate of drug-likeness (QED) is 0.192. The Morgan fingerprint density at radius 2 is 0.844 bits per heavy atom. The first-order valence-corrected chi connectivity index (χ1v) is 21.6. The minimum absolute atomic E-state index is 0.107. The highest BCUT2D eigenvalue weighted by atomic mass is 16.7. The third kappa shape index (κ3) is 10.6. The molecular formula is C50H56N4O10. The highest BCUT2D eigenvalue weighted by Crippen LogP contribution is 2.37. The molecule has 0 unspecified atom stereocenters. The SMILES string of the molecule is C[C@H]1C/C=C/C[C@@H](c2ccc3c(c2)OCO3)NC(=O)[C@H](C)N(C)C(=O)c2ccccc2O1.C[C@H]1C/C=C\C[C@@H](c2ccc3c(c2)OCO3)NC(=O)[C@H](C)N(C)C(=O)c2ccccc2O1. The van der Waals surface area contributed by atoms with Gasteiger partial charge in [0.2, 0.25) is 25.4 Å². The lowest BCUT2D eigenvalue weighted by atomic mass is 10.0. The lowest BCUT2D eigenvalue weighted by Crippen LogP contribution is -2.47. The summed E-state index contributed by atoms with van der Waals surface area (Å²) in [6, 6.07) is 23.7. The second-order valence-electron chi connectivity index (χ2n) is 16.3. The molecule has 8 rings (SSSR count). The van der Waals surface area contributed by atoms with E-state index in [4.69, 9.17) is 28.4 Å². The van der Waals surface area contributed by atoms with Gasteiger partial charge in [0.05, 0.1) is 35.4 Å². The molecule has 2 N–H and O–H groups in total. The third-order valence-corrected chi connectivity index (χ3v) is 11.7. The van der Waals surface area contributed by atoms with E-state index in [1.807, 2.05) is 86.7 Å². The van der Waals surface area contributed by atoms with Gasteiger partial charge in [-0.25, -0.2) is 0 Å². The maximum Gasteiger partial charge on any atom is 0.258 e. The first-order valence-electron chi connectivity index (χ1n) is 21.6. The van der Waals surface area contributed by atoms with Gasteiger partial charge in [-0.1, -0.05) is 60.7 Å². The fourth-order valence-corrected chi connectivity index (χ4v) is 7.55. The summed E-state index contributed by atoms with van der Waals surface area (Å²) < 4.78 is 33.9. The van der Waals surface area contributed by atoms with Gasteiger partial charge in [-0.05, 0) is 100 Å². The van der Waals surface area contributed by atoms with Crippen molar-refractivity contribution in [3.05, 3.63) is 131 Å². The van der Waals surface area contributed by atoms with Gasteiger partial charge in [0.25, 0.3) is 11.8 Å². The smallest absolute Gasteiger partial charge is 0.258 e. The van der Waals surface area contributed by atoms with Crippen LogP contribution < -0.4 is 39.1 Å². The van der Waals surface area contributed by atoms with Crippen molar-refractivity contribution in [3.8, 4) is 34.5 Å². The molecule has 4 amide bonds. The van der Waals surface area contributed by atoms with E-state index < -0.39 is 12.1 Å². The molecule has 0 saturated carbocycles. The molecule has 0 spiro atoms. The summed E-state index contributed by atoms with van der Waals surface area (Å²) in [6.07, 6.45) is 10.5. The number of rotatable bonds is 2. The number of likely N-dealkylation sites (N-methyl/N-ethyl adjacent to an activating group) is 2. The Labute approximate surface area is 374 Å². The van der Waals surface area contributed by atoms with Crippen LogP contribution in [0.2, 0.25) is 0 Å². The molecule has 0 aliphatic carbocycles. The van der Waals surface area contributed by atoms with Crippen LogP contribution in [0.1, 0.15) is 97.3 Å². The van der Waals surface area contributed by atoms with Crippen LogP contribution in [-0.2, 0) is 9.59 Å². The number of carbonyl (C=O) groups is 4. The fourth-order valence-electron chi connectivity index (χ4n) is 7.55. The maximum atomic E-state index is 13.2. The molecule has 4 aromatic carbocycles. The zero-order valence-electron chi connectivity index (χ0n) is 37.1. The standard InChI is InChI=1S/2C25H28N2O5/c2*1-16-8-4-6-10-20(18-12-13-22-23(14-18)31-15-30-22)26-24(28)17(2)27(3)25(29)19-9-5-7-11-21(19)32-16/h2*4-7,9,11-14,16-17,20H,8,10,15H2,1-3H3,(H,26,28)/b6-4+;6-4-/t2*16-,17-,20-/m00/s1. The van der Waals surface area contributed by atoms with E-state index in [9.17, 15) is 19.2 Å². The van der Waals surface area contributed by atoms with Gasteiger partial charge < -0.3 is 48.9 Å². The molecule has 4 aliphatic rings. The van der Waals surface area contributed by atoms with Gasteiger partial charge in [-0.2, -0.15) is 0 Å². The number of nitrogens with one attached hydrogen (secondary N) is 2. The van der Waals surface area contributed by atoms with Crippen molar-refractivity contribution in [3.63, 3.8) is 0 Å². The van der Waals surface area contributed by atoms with Crippen LogP contribution >= 0.6 is 0 Å². The lowest BCUT2D eigenvalue weighted by Gasteiger charge is -2.28. The van der Waals surface area contributed by atoms with Crippen LogP contribution in [0.25, 0.3) is 0 Å². The summed E-state index contributed by atoms with van der Waals surface area (Å²) in [5.74, 6) is 2.77. The largest absolute Gasteiger partial charge is 0.490 e. The average Bonchev–Trinajstić information content (AvgIpc) is 3.99. The van der Waals surface area contributed by atoms with Crippen molar-refractivity contribution >= 4 is 23.6 Å². The predicted octanol–water partition coefficient (Wildman–Crippen LogP) is 7.70. The summed E-state index contributed by atoms with van der Waals surface area (Å²) in [7, 11) is 3.27. The monoisotopic (exact) mass is 872 g/mol. The van der Waals surface area contributed by atoms with Gasteiger partial charge in [-0.15, -0.1) is 0 Å². The predicted molar refractivity (Wildman–Crippen MR) is 240 cm³/mol. The summed E-state index contributed by atoms with van der Waals surface area (Å²) in [6.45, 7) is 7.77. The Balaban J connectivity index is 0.000000191. The molecule has 0 radical (unpaired) electrons. The topological polar surface area (TPSA) is 154 Å². The van der Waals surface area contributed by atoms with Gasteiger partial charge in [-0.3, -0.25) is 19.2 Å². The van der Waals surface area contributed by atoms with Crippen molar-refractivity contribution in [2.24, 2.45) is 0 Å². The van der Waals surface area contributed by atoms with Crippen LogP contribution in [0.4, 0.5) is 0 Å². The van der Waals surface area contributed by atoms with Crippen molar-refractivity contribution in [2.45, 2.75) is 89.8 Å². The highest BCUT2D eigenvalue weighted by molar-refractivity contribution is 6.00. The third-order valence-electron chi connectivity index (χ3n) is 11.7. The second-order valence-corrected chi connectivity index (χ2v) is 16.3. The van der Waals surface area contributed by atoms with E-state index >= 15 is 0 Å². The van der Waals surface area contributed by atoms with Gasteiger partial charge in [0.15, 0.2) is 23.0 Å². The highest BCUT2D eigenvalue weighted by Gasteiger charge is 2.30. The lowest BCUT2D eigenvalue weighted by molar-refractivity contribution is -0.126. The van der Waals surface area contributed by atoms with Crippen LogP contribution in [-0.4, -0.2) is 85.4 Å². The molecule has 336 valence electrons.